The van der Waals surface area contributed by atoms with E-state index in [1.165, 1.54) is 5.56 Å². The van der Waals surface area contributed by atoms with Crippen molar-refractivity contribution >= 4 is 5.69 Å². The van der Waals surface area contributed by atoms with Gasteiger partial charge in [-0.05, 0) is 29.8 Å². The summed E-state index contributed by atoms with van der Waals surface area (Å²) in [5.41, 5.74) is 4.23. The van der Waals surface area contributed by atoms with E-state index in [0.29, 0.717) is 6.54 Å². The second-order valence-corrected chi connectivity index (χ2v) is 5.74. The number of hydrogen-bond donors (Lipinski definition) is 1. The summed E-state index contributed by atoms with van der Waals surface area (Å²) in [6, 6.07) is 20.4. The van der Waals surface area contributed by atoms with Crippen molar-refractivity contribution in [1.82, 2.24) is 24.8 Å². The first kappa shape index (κ1) is 15.1. The third kappa shape index (κ3) is 3.74. The molecule has 6 heteroatoms. The standard InChI is InChI=1S/C19H18N6/c1-2-5-16(6-3-1)15-24-11-9-18(22-24)14-20-17-7-4-8-19(13-17)25-12-10-21-23-25/h1-13,20H,14-15H2. The molecular formula is C19H18N6. The van der Waals surface area contributed by atoms with Crippen molar-refractivity contribution in [2.24, 2.45) is 0 Å². The summed E-state index contributed by atoms with van der Waals surface area (Å²) < 4.78 is 3.69. The SMILES string of the molecule is c1ccc(Cn2ccc(CNc3cccc(-n4ccnn4)c3)n2)cc1. The third-order valence-electron chi connectivity index (χ3n) is 3.89. The first-order valence-electron chi connectivity index (χ1n) is 8.14. The molecule has 0 spiro atoms. The van der Waals surface area contributed by atoms with Crippen LogP contribution in [0.5, 0.6) is 0 Å². The minimum atomic E-state index is 0.669. The van der Waals surface area contributed by atoms with Gasteiger partial charge in [-0.2, -0.15) is 5.10 Å². The smallest absolute Gasteiger partial charge is 0.0815 e. The fourth-order valence-electron chi connectivity index (χ4n) is 2.65. The fraction of sp³-hybridized carbons (Fsp3) is 0.105. The molecule has 4 rings (SSSR count). The number of nitrogens with zero attached hydrogens (tertiary/aromatic N) is 5. The van der Waals surface area contributed by atoms with E-state index in [9.17, 15) is 0 Å². The summed E-state index contributed by atoms with van der Waals surface area (Å²) in [6.07, 6.45) is 5.50. The first-order valence-corrected chi connectivity index (χ1v) is 8.14. The first-order chi connectivity index (χ1) is 12.4. The van der Waals surface area contributed by atoms with Gasteiger partial charge in [-0.25, -0.2) is 4.68 Å². The molecule has 2 aromatic carbocycles. The molecule has 0 bridgehead atoms. The van der Waals surface area contributed by atoms with E-state index >= 15 is 0 Å². The zero-order valence-electron chi connectivity index (χ0n) is 13.7. The summed E-state index contributed by atoms with van der Waals surface area (Å²) >= 11 is 0. The van der Waals surface area contributed by atoms with Gasteiger partial charge in [0.05, 0.1) is 36.9 Å². The van der Waals surface area contributed by atoms with E-state index in [2.05, 4.69) is 32.9 Å². The Morgan fingerprint density at radius 2 is 1.84 bits per heavy atom. The Bertz CT molecular complexity index is 927. The van der Waals surface area contributed by atoms with Crippen molar-refractivity contribution < 1.29 is 0 Å². The van der Waals surface area contributed by atoms with Crippen LogP contribution in [0.15, 0.2) is 79.3 Å². The Balaban J connectivity index is 1.40. The van der Waals surface area contributed by atoms with Gasteiger partial charge in [-0.3, -0.25) is 4.68 Å². The zero-order valence-corrected chi connectivity index (χ0v) is 13.7. The van der Waals surface area contributed by atoms with Gasteiger partial charge in [-0.1, -0.05) is 41.6 Å². The summed E-state index contributed by atoms with van der Waals surface area (Å²) in [4.78, 5) is 0. The highest BCUT2D eigenvalue weighted by molar-refractivity contribution is 5.50. The summed E-state index contributed by atoms with van der Waals surface area (Å²) in [6.45, 7) is 1.45. The van der Waals surface area contributed by atoms with E-state index in [4.69, 9.17) is 0 Å². The number of hydrogen-bond acceptors (Lipinski definition) is 4. The lowest BCUT2D eigenvalue weighted by Crippen LogP contribution is -2.04. The largest absolute Gasteiger partial charge is 0.379 e. The fourth-order valence-corrected chi connectivity index (χ4v) is 2.65. The van der Waals surface area contributed by atoms with E-state index < -0.39 is 0 Å². The highest BCUT2D eigenvalue weighted by Gasteiger charge is 2.02. The number of benzene rings is 2. The van der Waals surface area contributed by atoms with Crippen LogP contribution < -0.4 is 5.32 Å². The second-order valence-electron chi connectivity index (χ2n) is 5.74. The summed E-state index contributed by atoms with van der Waals surface area (Å²) in [7, 11) is 0. The number of rotatable bonds is 6. The van der Waals surface area contributed by atoms with Crippen molar-refractivity contribution in [2.45, 2.75) is 13.1 Å². The lowest BCUT2D eigenvalue weighted by Gasteiger charge is -2.07. The maximum Gasteiger partial charge on any atom is 0.0815 e. The summed E-state index contributed by atoms with van der Waals surface area (Å²) in [5.74, 6) is 0. The molecule has 4 aromatic rings. The Morgan fingerprint density at radius 3 is 2.68 bits per heavy atom. The van der Waals surface area contributed by atoms with Crippen molar-refractivity contribution in [3.05, 3.63) is 90.5 Å². The molecule has 0 aliphatic heterocycles. The molecule has 1 N–H and O–H groups in total. The molecule has 0 saturated carbocycles. The van der Waals surface area contributed by atoms with Crippen molar-refractivity contribution in [1.29, 1.82) is 0 Å². The number of aromatic nitrogens is 5. The Hall–Kier alpha value is -3.41. The van der Waals surface area contributed by atoms with E-state index in [-0.39, 0.29) is 0 Å². The van der Waals surface area contributed by atoms with Crippen molar-refractivity contribution in [3.8, 4) is 5.69 Å². The van der Waals surface area contributed by atoms with Crippen LogP contribution in [0, 0.1) is 0 Å². The molecular weight excluding hydrogens is 312 g/mol. The van der Waals surface area contributed by atoms with Crippen LogP contribution in [0.1, 0.15) is 11.3 Å². The predicted molar refractivity (Wildman–Crippen MR) is 96.5 cm³/mol. The van der Waals surface area contributed by atoms with E-state index in [1.54, 1.807) is 10.9 Å². The van der Waals surface area contributed by atoms with Gasteiger partial charge >= 0.3 is 0 Å². The van der Waals surface area contributed by atoms with Crippen LogP contribution in [-0.4, -0.2) is 24.8 Å². The van der Waals surface area contributed by atoms with E-state index in [1.807, 2.05) is 65.6 Å². The molecule has 0 unspecified atom stereocenters. The lowest BCUT2D eigenvalue weighted by atomic mass is 10.2. The second kappa shape index (κ2) is 7.00. The molecule has 2 heterocycles. The van der Waals surface area contributed by atoms with Gasteiger partial charge < -0.3 is 5.32 Å². The molecule has 124 valence electrons. The topological polar surface area (TPSA) is 60.6 Å². The van der Waals surface area contributed by atoms with Gasteiger partial charge in [0.2, 0.25) is 0 Å². The van der Waals surface area contributed by atoms with Gasteiger partial charge in [0.1, 0.15) is 0 Å². The van der Waals surface area contributed by atoms with Crippen LogP contribution in [0.4, 0.5) is 5.69 Å². The lowest BCUT2D eigenvalue weighted by molar-refractivity contribution is 0.674. The van der Waals surface area contributed by atoms with Crippen molar-refractivity contribution in [3.63, 3.8) is 0 Å². The van der Waals surface area contributed by atoms with Crippen LogP contribution in [0.25, 0.3) is 5.69 Å². The average molecular weight is 330 g/mol. The highest BCUT2D eigenvalue weighted by atomic mass is 15.4. The molecule has 2 aromatic heterocycles. The van der Waals surface area contributed by atoms with Gasteiger partial charge in [0, 0.05) is 11.9 Å². The maximum atomic E-state index is 4.62. The normalized spacial score (nSPS) is 10.7. The minimum absolute atomic E-state index is 0.669. The molecule has 0 fully saturated rings. The Kier molecular flexibility index (Phi) is 4.24. The van der Waals surface area contributed by atoms with Crippen LogP contribution in [-0.2, 0) is 13.1 Å². The monoisotopic (exact) mass is 330 g/mol. The van der Waals surface area contributed by atoms with Gasteiger partial charge in [-0.15, -0.1) is 5.10 Å². The molecule has 0 aliphatic carbocycles. The third-order valence-corrected chi connectivity index (χ3v) is 3.89. The molecule has 0 amide bonds. The minimum Gasteiger partial charge on any atom is -0.379 e. The molecule has 0 aliphatic rings. The number of anilines is 1. The quantitative estimate of drug-likeness (QED) is 0.590. The van der Waals surface area contributed by atoms with Gasteiger partial charge in [0.15, 0.2) is 0 Å². The molecule has 0 radical (unpaired) electrons. The maximum absolute atomic E-state index is 4.62. The molecule has 0 saturated heterocycles. The number of nitrogens with one attached hydrogen (secondary N) is 1. The Morgan fingerprint density at radius 1 is 0.920 bits per heavy atom. The Labute approximate surface area is 145 Å². The van der Waals surface area contributed by atoms with Gasteiger partial charge in [0.25, 0.3) is 0 Å². The summed E-state index contributed by atoms with van der Waals surface area (Å²) in [5, 5.41) is 15.9. The van der Waals surface area contributed by atoms with Crippen LogP contribution in [0.3, 0.4) is 0 Å². The molecule has 25 heavy (non-hydrogen) atoms. The molecule has 0 atom stereocenters. The zero-order chi connectivity index (χ0) is 16.9. The van der Waals surface area contributed by atoms with Crippen LogP contribution >= 0.6 is 0 Å². The van der Waals surface area contributed by atoms with Crippen molar-refractivity contribution in [2.75, 3.05) is 5.32 Å². The van der Waals surface area contributed by atoms with Crippen LogP contribution in [0.2, 0.25) is 0 Å². The molecule has 6 nitrogen and oxygen atoms in total. The highest BCUT2D eigenvalue weighted by Crippen LogP contribution is 2.14. The predicted octanol–water partition coefficient (Wildman–Crippen LogP) is 3.12. The average Bonchev–Trinajstić information content (AvgIpc) is 3.33. The van der Waals surface area contributed by atoms with E-state index in [0.717, 1.165) is 23.6 Å².